The van der Waals surface area contributed by atoms with Crippen LogP contribution >= 0.6 is 0 Å². The summed E-state index contributed by atoms with van der Waals surface area (Å²) in [6.45, 7) is 12.5. The number of pyridine rings is 1. The van der Waals surface area contributed by atoms with Gasteiger partial charge >= 0.3 is 0 Å². The normalized spacial score (nSPS) is 16.0. The predicted octanol–water partition coefficient (Wildman–Crippen LogP) is 4.61. The van der Waals surface area contributed by atoms with Crippen LogP contribution in [0.5, 0.6) is 0 Å². The van der Waals surface area contributed by atoms with Gasteiger partial charge in [0.25, 0.3) is 5.56 Å². The van der Waals surface area contributed by atoms with Gasteiger partial charge in [-0.1, -0.05) is 45.0 Å². The molecule has 1 atom stereocenters. The number of anilines is 1. The molecule has 0 spiro atoms. The molecular weight excluding hydrogens is 386 g/mol. The number of nitrogens with one attached hydrogen (secondary N) is 1. The summed E-state index contributed by atoms with van der Waals surface area (Å²) >= 11 is 0. The van der Waals surface area contributed by atoms with Crippen molar-refractivity contribution in [3.05, 3.63) is 64.1 Å². The Bertz CT molecular complexity index is 1090. The number of benzene rings is 1. The van der Waals surface area contributed by atoms with Gasteiger partial charge in [0.2, 0.25) is 5.95 Å². The van der Waals surface area contributed by atoms with E-state index in [4.69, 9.17) is 4.98 Å². The highest BCUT2D eigenvalue weighted by Gasteiger charge is 2.16. The Morgan fingerprint density at radius 1 is 1.06 bits per heavy atom. The maximum atomic E-state index is 12.5. The van der Waals surface area contributed by atoms with E-state index >= 15 is 0 Å². The molecule has 1 aliphatic heterocycles. The van der Waals surface area contributed by atoms with E-state index in [0.717, 1.165) is 11.9 Å². The van der Waals surface area contributed by atoms with Crippen molar-refractivity contribution in [1.82, 2.24) is 19.4 Å². The fraction of sp³-hybridized carbons (Fsp3) is 0.480. The maximum Gasteiger partial charge on any atom is 0.252 e. The minimum atomic E-state index is -0.0336. The van der Waals surface area contributed by atoms with Gasteiger partial charge in [-0.05, 0) is 55.5 Å². The Morgan fingerprint density at radius 2 is 1.77 bits per heavy atom. The molecule has 31 heavy (non-hydrogen) atoms. The summed E-state index contributed by atoms with van der Waals surface area (Å²) in [5.41, 5.74) is 3.16. The van der Waals surface area contributed by atoms with Crippen molar-refractivity contribution in [2.75, 3.05) is 18.4 Å². The number of hydrogen-bond acceptors (Lipinski definition) is 5. The fourth-order valence-corrected chi connectivity index (χ4v) is 4.16. The van der Waals surface area contributed by atoms with Crippen molar-refractivity contribution >= 4 is 17.0 Å². The van der Waals surface area contributed by atoms with Crippen LogP contribution in [0, 0.1) is 5.41 Å². The molecule has 3 aromatic rings. The molecule has 1 aromatic carbocycles. The lowest BCUT2D eigenvalue weighted by Gasteiger charge is -2.21. The number of aromatic nitrogens is 3. The van der Waals surface area contributed by atoms with Crippen LogP contribution in [-0.4, -0.2) is 32.5 Å². The number of likely N-dealkylation sites (tertiary alicyclic amines) is 1. The summed E-state index contributed by atoms with van der Waals surface area (Å²) in [5, 5.41) is 4.27. The van der Waals surface area contributed by atoms with Gasteiger partial charge in [0.05, 0.1) is 6.04 Å². The SMILES string of the molecule is C[C@H](Nc1ncc2ccc(=O)n(CC(C)(C)C)c2n1)c1ccc(CN2CCCC2)cc1. The first-order valence-electron chi connectivity index (χ1n) is 11.2. The topological polar surface area (TPSA) is 63.1 Å². The Balaban J connectivity index is 1.52. The summed E-state index contributed by atoms with van der Waals surface area (Å²) in [5.74, 6) is 0.536. The minimum absolute atomic E-state index is 0.0270. The average molecular weight is 420 g/mol. The van der Waals surface area contributed by atoms with E-state index < -0.39 is 0 Å². The molecule has 1 N–H and O–H groups in total. The molecule has 0 radical (unpaired) electrons. The standard InChI is InChI=1S/C25H33N5O/c1-18(20-9-7-19(8-10-20)16-29-13-5-6-14-29)27-24-26-15-21-11-12-22(31)30(23(21)28-24)17-25(2,3)4/h7-12,15,18H,5-6,13-14,16-17H2,1-4H3,(H,26,27,28)/t18-/m0/s1. The van der Waals surface area contributed by atoms with Crippen LogP contribution in [0.4, 0.5) is 5.95 Å². The third kappa shape index (κ3) is 5.31. The fourth-order valence-electron chi connectivity index (χ4n) is 4.16. The monoisotopic (exact) mass is 419 g/mol. The van der Waals surface area contributed by atoms with E-state index in [1.807, 2.05) is 0 Å². The second-order valence-corrected chi connectivity index (χ2v) is 9.88. The molecule has 6 nitrogen and oxygen atoms in total. The van der Waals surface area contributed by atoms with Crippen LogP contribution in [-0.2, 0) is 13.1 Å². The number of rotatable bonds is 6. The molecule has 3 heterocycles. The van der Waals surface area contributed by atoms with Crippen molar-refractivity contribution in [2.45, 2.75) is 59.7 Å². The Hall–Kier alpha value is -2.73. The Labute approximate surface area is 184 Å². The van der Waals surface area contributed by atoms with E-state index in [9.17, 15) is 4.79 Å². The molecule has 0 aliphatic carbocycles. The van der Waals surface area contributed by atoms with Crippen LogP contribution in [0.15, 0.2) is 47.4 Å². The molecule has 1 aliphatic rings. The molecule has 164 valence electrons. The van der Waals surface area contributed by atoms with Crippen molar-refractivity contribution in [2.24, 2.45) is 5.41 Å². The highest BCUT2D eigenvalue weighted by atomic mass is 16.1. The number of hydrogen-bond donors (Lipinski definition) is 1. The molecule has 4 rings (SSSR count). The zero-order valence-electron chi connectivity index (χ0n) is 19.1. The van der Waals surface area contributed by atoms with Gasteiger partial charge in [0.15, 0.2) is 0 Å². The van der Waals surface area contributed by atoms with Gasteiger partial charge in [-0.2, -0.15) is 4.98 Å². The summed E-state index contributed by atoms with van der Waals surface area (Å²) in [6.07, 6.45) is 4.41. The van der Waals surface area contributed by atoms with E-state index in [-0.39, 0.29) is 17.0 Å². The first-order chi connectivity index (χ1) is 14.8. The van der Waals surface area contributed by atoms with Crippen LogP contribution in [0.25, 0.3) is 11.0 Å². The maximum absolute atomic E-state index is 12.5. The molecule has 2 aromatic heterocycles. The minimum Gasteiger partial charge on any atom is -0.348 e. The third-order valence-electron chi connectivity index (χ3n) is 5.79. The molecular formula is C25H33N5O. The predicted molar refractivity (Wildman–Crippen MR) is 126 cm³/mol. The quantitative estimate of drug-likeness (QED) is 0.632. The highest BCUT2D eigenvalue weighted by molar-refractivity contribution is 5.75. The summed E-state index contributed by atoms with van der Waals surface area (Å²) < 4.78 is 1.75. The van der Waals surface area contributed by atoms with Crippen LogP contribution in [0.3, 0.4) is 0 Å². The summed E-state index contributed by atoms with van der Waals surface area (Å²) in [6, 6.07) is 12.2. The van der Waals surface area contributed by atoms with Crippen molar-refractivity contribution in [1.29, 1.82) is 0 Å². The van der Waals surface area contributed by atoms with Crippen LogP contribution < -0.4 is 10.9 Å². The zero-order valence-corrected chi connectivity index (χ0v) is 19.1. The van der Waals surface area contributed by atoms with Crippen molar-refractivity contribution in [3.8, 4) is 0 Å². The van der Waals surface area contributed by atoms with Gasteiger partial charge < -0.3 is 5.32 Å². The molecule has 0 saturated carbocycles. The van der Waals surface area contributed by atoms with Gasteiger partial charge in [-0.3, -0.25) is 14.3 Å². The first-order valence-corrected chi connectivity index (χ1v) is 11.2. The lowest BCUT2D eigenvalue weighted by Crippen LogP contribution is -2.27. The van der Waals surface area contributed by atoms with Crippen molar-refractivity contribution < 1.29 is 0 Å². The highest BCUT2D eigenvalue weighted by Crippen LogP contribution is 2.22. The number of nitrogens with zero attached hydrogens (tertiary/aromatic N) is 4. The molecule has 0 unspecified atom stereocenters. The Morgan fingerprint density at radius 3 is 2.45 bits per heavy atom. The lowest BCUT2D eigenvalue weighted by molar-refractivity contribution is 0.331. The van der Waals surface area contributed by atoms with Gasteiger partial charge in [-0.15, -0.1) is 0 Å². The first kappa shape index (κ1) is 21.5. The second-order valence-electron chi connectivity index (χ2n) is 9.88. The van der Waals surface area contributed by atoms with Crippen molar-refractivity contribution in [3.63, 3.8) is 0 Å². The van der Waals surface area contributed by atoms with Crippen LogP contribution in [0.2, 0.25) is 0 Å². The molecule has 1 fully saturated rings. The zero-order chi connectivity index (χ0) is 22.0. The van der Waals surface area contributed by atoms with Gasteiger partial charge in [0.1, 0.15) is 5.65 Å². The van der Waals surface area contributed by atoms with E-state index in [0.29, 0.717) is 18.1 Å². The second kappa shape index (κ2) is 8.79. The lowest BCUT2D eigenvalue weighted by atomic mass is 9.97. The molecule has 0 bridgehead atoms. The molecule has 6 heteroatoms. The Kier molecular flexibility index (Phi) is 6.10. The smallest absolute Gasteiger partial charge is 0.252 e. The average Bonchev–Trinajstić information content (AvgIpc) is 3.23. The molecule has 0 amide bonds. The van der Waals surface area contributed by atoms with Gasteiger partial charge in [0, 0.05) is 30.7 Å². The van der Waals surface area contributed by atoms with E-state index in [2.05, 4.69) is 67.2 Å². The number of fused-ring (bicyclic) bond motifs is 1. The summed E-state index contributed by atoms with van der Waals surface area (Å²) in [7, 11) is 0. The van der Waals surface area contributed by atoms with E-state index in [1.54, 1.807) is 22.9 Å². The summed E-state index contributed by atoms with van der Waals surface area (Å²) in [4.78, 5) is 24.2. The van der Waals surface area contributed by atoms with E-state index in [1.165, 1.54) is 37.1 Å². The largest absolute Gasteiger partial charge is 0.348 e. The van der Waals surface area contributed by atoms with Crippen LogP contribution in [0.1, 0.15) is 57.7 Å². The van der Waals surface area contributed by atoms with Gasteiger partial charge in [-0.25, -0.2) is 4.98 Å². The third-order valence-corrected chi connectivity index (χ3v) is 5.79. The molecule has 1 saturated heterocycles.